The van der Waals surface area contributed by atoms with Crippen molar-refractivity contribution in [2.24, 2.45) is 0 Å². The Morgan fingerprint density at radius 3 is 2.28 bits per heavy atom. The maximum Gasteiger partial charge on any atom is 0.335 e. The highest BCUT2D eigenvalue weighted by Gasteiger charge is 2.23. The second-order valence-electron chi connectivity index (χ2n) is 6.46. The molecular weight excluding hydrogens is 316 g/mol. The van der Waals surface area contributed by atoms with E-state index in [9.17, 15) is 9.59 Å². The average Bonchev–Trinajstić information content (AvgIpc) is 2.63. The lowest BCUT2D eigenvalue weighted by Crippen LogP contribution is -2.49. The Balaban J connectivity index is 1.70. The van der Waals surface area contributed by atoms with Crippen LogP contribution in [0.25, 0.3) is 0 Å². The van der Waals surface area contributed by atoms with E-state index in [1.165, 1.54) is 28.9 Å². The highest BCUT2D eigenvalue weighted by atomic mass is 16.4. The number of amides is 1. The molecule has 1 heterocycles. The SMILES string of the molecule is Cc1ccc(C)c(N2CCN(C(=O)c3cccc(C(=O)O)c3)CC2)c1. The van der Waals surface area contributed by atoms with Crippen LogP contribution in [0.4, 0.5) is 5.69 Å². The van der Waals surface area contributed by atoms with Crippen molar-refractivity contribution in [3.8, 4) is 0 Å². The number of anilines is 1. The molecule has 3 rings (SSSR count). The van der Waals surface area contributed by atoms with Gasteiger partial charge in [0.15, 0.2) is 0 Å². The molecule has 1 N–H and O–H groups in total. The van der Waals surface area contributed by atoms with Gasteiger partial charge in [0.05, 0.1) is 5.56 Å². The van der Waals surface area contributed by atoms with Crippen molar-refractivity contribution in [1.29, 1.82) is 0 Å². The van der Waals surface area contributed by atoms with E-state index in [1.807, 2.05) is 0 Å². The number of carboxylic acid groups (broad SMARTS) is 1. The molecule has 0 spiro atoms. The van der Waals surface area contributed by atoms with Crippen LogP contribution in [-0.4, -0.2) is 48.1 Å². The van der Waals surface area contributed by atoms with Crippen molar-refractivity contribution in [3.05, 3.63) is 64.7 Å². The Bertz CT molecular complexity index is 808. The number of benzene rings is 2. The number of hydrogen-bond donors (Lipinski definition) is 1. The minimum Gasteiger partial charge on any atom is -0.478 e. The first kappa shape index (κ1) is 17.0. The van der Waals surface area contributed by atoms with Crippen LogP contribution in [0.5, 0.6) is 0 Å². The summed E-state index contributed by atoms with van der Waals surface area (Å²) in [6.45, 7) is 6.98. The number of aryl methyl sites for hydroxylation is 2. The lowest BCUT2D eigenvalue weighted by atomic mass is 10.1. The molecule has 1 aliphatic heterocycles. The number of carbonyl (C=O) groups is 2. The minimum atomic E-state index is -1.02. The van der Waals surface area contributed by atoms with E-state index in [1.54, 1.807) is 17.0 Å². The first-order valence-electron chi connectivity index (χ1n) is 8.40. The third-order valence-corrected chi connectivity index (χ3v) is 4.63. The van der Waals surface area contributed by atoms with Crippen molar-refractivity contribution in [1.82, 2.24) is 4.90 Å². The topological polar surface area (TPSA) is 60.9 Å². The molecule has 0 saturated carbocycles. The maximum absolute atomic E-state index is 12.7. The molecule has 0 radical (unpaired) electrons. The van der Waals surface area contributed by atoms with Gasteiger partial charge in [0.2, 0.25) is 0 Å². The van der Waals surface area contributed by atoms with Crippen molar-refractivity contribution in [3.63, 3.8) is 0 Å². The van der Waals surface area contributed by atoms with E-state index < -0.39 is 5.97 Å². The Morgan fingerprint density at radius 1 is 0.920 bits per heavy atom. The third kappa shape index (κ3) is 3.65. The van der Waals surface area contributed by atoms with E-state index in [2.05, 4.69) is 36.9 Å². The lowest BCUT2D eigenvalue weighted by molar-refractivity contribution is 0.0697. The molecule has 1 fully saturated rings. The summed E-state index contributed by atoms with van der Waals surface area (Å²) in [5.74, 6) is -1.13. The number of nitrogens with zero attached hydrogens (tertiary/aromatic N) is 2. The van der Waals surface area contributed by atoms with E-state index in [0.717, 1.165) is 13.1 Å². The molecule has 130 valence electrons. The predicted molar refractivity (Wildman–Crippen MR) is 97.4 cm³/mol. The molecule has 1 saturated heterocycles. The standard InChI is InChI=1S/C20H22N2O3/c1-14-6-7-15(2)18(12-14)21-8-10-22(11-9-21)19(23)16-4-3-5-17(13-16)20(24)25/h3-7,12-13H,8-11H2,1-2H3,(H,24,25). The first-order valence-corrected chi connectivity index (χ1v) is 8.40. The highest BCUT2D eigenvalue weighted by molar-refractivity contribution is 5.97. The molecule has 0 aliphatic carbocycles. The summed E-state index contributed by atoms with van der Waals surface area (Å²) in [7, 11) is 0. The number of carbonyl (C=O) groups excluding carboxylic acids is 1. The van der Waals surface area contributed by atoms with Crippen LogP contribution in [0.1, 0.15) is 31.8 Å². The summed E-state index contributed by atoms with van der Waals surface area (Å²) in [5, 5.41) is 9.08. The van der Waals surface area contributed by atoms with Gasteiger partial charge in [-0.1, -0.05) is 18.2 Å². The fourth-order valence-corrected chi connectivity index (χ4v) is 3.18. The van der Waals surface area contributed by atoms with Crippen molar-refractivity contribution >= 4 is 17.6 Å². The van der Waals surface area contributed by atoms with E-state index >= 15 is 0 Å². The summed E-state index contributed by atoms with van der Waals surface area (Å²) < 4.78 is 0. The molecule has 0 unspecified atom stereocenters. The van der Waals surface area contributed by atoms with Crippen molar-refractivity contribution in [2.45, 2.75) is 13.8 Å². The zero-order chi connectivity index (χ0) is 18.0. The van der Waals surface area contributed by atoms with E-state index in [4.69, 9.17) is 5.11 Å². The molecule has 2 aromatic rings. The van der Waals surface area contributed by atoms with Crippen molar-refractivity contribution < 1.29 is 14.7 Å². The number of piperazine rings is 1. The summed E-state index contributed by atoms with van der Waals surface area (Å²) in [6, 6.07) is 12.6. The van der Waals surface area contributed by atoms with Crippen LogP contribution in [0.2, 0.25) is 0 Å². The number of hydrogen-bond acceptors (Lipinski definition) is 3. The molecule has 0 aromatic heterocycles. The van der Waals surface area contributed by atoms with Gasteiger partial charge in [-0.2, -0.15) is 0 Å². The monoisotopic (exact) mass is 338 g/mol. The second-order valence-corrected chi connectivity index (χ2v) is 6.46. The molecule has 1 aliphatic rings. The molecule has 5 nitrogen and oxygen atoms in total. The third-order valence-electron chi connectivity index (χ3n) is 4.63. The average molecular weight is 338 g/mol. The van der Waals surface area contributed by atoms with E-state index in [-0.39, 0.29) is 11.5 Å². The number of carboxylic acids is 1. The van der Waals surface area contributed by atoms with Crippen LogP contribution >= 0.6 is 0 Å². The van der Waals surface area contributed by atoms with Gasteiger partial charge >= 0.3 is 5.97 Å². The van der Waals surface area contributed by atoms with Gasteiger partial charge in [-0.25, -0.2) is 4.79 Å². The molecule has 1 amide bonds. The van der Waals surface area contributed by atoms with Crippen LogP contribution in [-0.2, 0) is 0 Å². The molecule has 0 bridgehead atoms. The normalized spacial score (nSPS) is 14.5. The van der Waals surface area contributed by atoms with Crippen LogP contribution in [0.15, 0.2) is 42.5 Å². The zero-order valence-corrected chi connectivity index (χ0v) is 14.5. The number of rotatable bonds is 3. The lowest BCUT2D eigenvalue weighted by Gasteiger charge is -2.37. The molecule has 2 aromatic carbocycles. The van der Waals surface area contributed by atoms with Gasteiger partial charge in [0.1, 0.15) is 0 Å². The Morgan fingerprint density at radius 2 is 1.60 bits per heavy atom. The van der Waals surface area contributed by atoms with E-state index in [0.29, 0.717) is 18.7 Å². The fraction of sp³-hybridized carbons (Fsp3) is 0.300. The van der Waals surface area contributed by atoms with Crippen LogP contribution in [0.3, 0.4) is 0 Å². The Hall–Kier alpha value is -2.82. The molecular formula is C20H22N2O3. The minimum absolute atomic E-state index is 0.108. The summed E-state index contributed by atoms with van der Waals surface area (Å²) in [5.41, 5.74) is 4.25. The Labute approximate surface area is 147 Å². The van der Waals surface area contributed by atoms with Crippen molar-refractivity contribution in [2.75, 3.05) is 31.1 Å². The molecule has 0 atom stereocenters. The first-order chi connectivity index (χ1) is 12.0. The number of aromatic carboxylic acids is 1. The van der Waals surface area contributed by atoms with Gasteiger partial charge in [-0.15, -0.1) is 0 Å². The van der Waals surface area contributed by atoms with Crippen LogP contribution in [0, 0.1) is 13.8 Å². The maximum atomic E-state index is 12.7. The predicted octanol–water partition coefficient (Wildman–Crippen LogP) is 2.96. The smallest absolute Gasteiger partial charge is 0.335 e. The molecule has 25 heavy (non-hydrogen) atoms. The van der Waals surface area contributed by atoms with Gasteiger partial charge in [-0.05, 0) is 49.2 Å². The quantitative estimate of drug-likeness (QED) is 0.935. The van der Waals surface area contributed by atoms with Gasteiger partial charge in [0, 0.05) is 37.4 Å². The zero-order valence-electron chi connectivity index (χ0n) is 14.5. The highest BCUT2D eigenvalue weighted by Crippen LogP contribution is 2.23. The second kappa shape index (κ2) is 6.97. The summed E-state index contributed by atoms with van der Waals surface area (Å²) >= 11 is 0. The van der Waals surface area contributed by atoms with Crippen LogP contribution < -0.4 is 4.90 Å². The summed E-state index contributed by atoms with van der Waals surface area (Å²) in [6.07, 6.45) is 0. The largest absolute Gasteiger partial charge is 0.478 e. The Kier molecular flexibility index (Phi) is 4.74. The summed E-state index contributed by atoms with van der Waals surface area (Å²) in [4.78, 5) is 27.8. The van der Waals surface area contributed by atoms with Gasteiger partial charge < -0.3 is 14.9 Å². The molecule has 5 heteroatoms. The van der Waals surface area contributed by atoms with Gasteiger partial charge in [0.25, 0.3) is 5.91 Å². The fourth-order valence-electron chi connectivity index (χ4n) is 3.18. The van der Waals surface area contributed by atoms with Gasteiger partial charge in [-0.3, -0.25) is 4.79 Å².